The summed E-state index contributed by atoms with van der Waals surface area (Å²) in [6.07, 6.45) is -0.944. The van der Waals surface area contributed by atoms with Crippen molar-refractivity contribution in [3.05, 3.63) is 18.6 Å². The molecular formula is C13H17FN4O4. The molecule has 0 amide bonds. The average Bonchev–Trinajstić information content (AvgIpc) is 3.08. The summed E-state index contributed by atoms with van der Waals surface area (Å²) in [4.78, 5) is 8.39. The summed E-state index contributed by atoms with van der Waals surface area (Å²) >= 11 is 0. The second-order valence-electron chi connectivity index (χ2n) is 5.20. The minimum atomic E-state index is -2.17. The highest BCUT2D eigenvalue weighted by atomic mass is 19.1. The van der Waals surface area contributed by atoms with Crippen molar-refractivity contribution in [1.29, 1.82) is 0 Å². The Kier molecular flexibility index (Phi) is 3.73. The number of aliphatic hydroxyl groups is 3. The van der Waals surface area contributed by atoms with Gasteiger partial charge in [-0.15, -0.1) is 0 Å². The molecule has 0 aromatic carbocycles. The Morgan fingerprint density at radius 1 is 1.50 bits per heavy atom. The summed E-state index contributed by atoms with van der Waals surface area (Å²) in [5.41, 5.74) is -0.472. The number of imidazole rings is 1. The number of alkyl halides is 1. The minimum absolute atomic E-state index is 0.413. The van der Waals surface area contributed by atoms with Gasteiger partial charge >= 0.3 is 0 Å². The van der Waals surface area contributed by atoms with E-state index >= 15 is 0 Å². The van der Waals surface area contributed by atoms with Crippen molar-refractivity contribution in [1.82, 2.24) is 14.5 Å². The van der Waals surface area contributed by atoms with Crippen LogP contribution in [0.1, 0.15) is 6.23 Å². The maximum atomic E-state index is 13.2. The first-order chi connectivity index (χ1) is 10.6. The van der Waals surface area contributed by atoms with Gasteiger partial charge in [-0.25, -0.2) is 14.4 Å². The quantitative estimate of drug-likeness (QED) is 0.597. The number of pyridine rings is 1. The first-order valence-electron chi connectivity index (χ1n) is 6.78. The van der Waals surface area contributed by atoms with Gasteiger partial charge in [0.2, 0.25) is 0 Å². The number of aromatic nitrogens is 3. The molecule has 0 unspecified atom stereocenters. The Balaban J connectivity index is 2.05. The SMILES string of the molecule is CNc1ccnc2c1ncn2[C@@H]1O[C@H](CO)[C@](O)(CF)[C@H]1O. The molecular weight excluding hydrogens is 295 g/mol. The third kappa shape index (κ3) is 1.97. The fourth-order valence-electron chi connectivity index (χ4n) is 2.70. The van der Waals surface area contributed by atoms with Gasteiger partial charge in [-0.1, -0.05) is 0 Å². The molecule has 2 aromatic heterocycles. The van der Waals surface area contributed by atoms with Crippen LogP contribution in [0.15, 0.2) is 18.6 Å². The molecule has 9 heteroatoms. The first kappa shape index (κ1) is 15.1. The van der Waals surface area contributed by atoms with Crippen molar-refractivity contribution < 1.29 is 24.4 Å². The summed E-state index contributed by atoms with van der Waals surface area (Å²) in [5.74, 6) is 0. The molecule has 1 fully saturated rings. The van der Waals surface area contributed by atoms with Gasteiger partial charge in [0.25, 0.3) is 0 Å². The van der Waals surface area contributed by atoms with Crippen molar-refractivity contribution in [2.45, 2.75) is 24.0 Å². The lowest BCUT2D eigenvalue weighted by Gasteiger charge is -2.26. The number of hydrogen-bond acceptors (Lipinski definition) is 7. The maximum Gasteiger partial charge on any atom is 0.166 e. The number of nitrogens with one attached hydrogen (secondary N) is 1. The molecule has 4 atom stereocenters. The van der Waals surface area contributed by atoms with Crippen molar-refractivity contribution in [2.75, 3.05) is 25.6 Å². The fourth-order valence-corrected chi connectivity index (χ4v) is 2.70. The van der Waals surface area contributed by atoms with E-state index in [0.717, 1.165) is 5.69 Å². The molecule has 8 nitrogen and oxygen atoms in total. The average molecular weight is 312 g/mol. The van der Waals surface area contributed by atoms with Gasteiger partial charge in [0.15, 0.2) is 17.5 Å². The topological polar surface area (TPSA) is 113 Å². The van der Waals surface area contributed by atoms with E-state index in [-0.39, 0.29) is 0 Å². The fraction of sp³-hybridized carbons (Fsp3) is 0.538. The smallest absolute Gasteiger partial charge is 0.166 e. The summed E-state index contributed by atoms with van der Waals surface area (Å²) in [6, 6.07) is 1.74. The van der Waals surface area contributed by atoms with Gasteiger partial charge in [0.05, 0.1) is 18.6 Å². The highest BCUT2D eigenvalue weighted by molar-refractivity contribution is 5.85. The van der Waals surface area contributed by atoms with E-state index in [1.807, 2.05) is 0 Å². The number of hydrogen-bond donors (Lipinski definition) is 4. The van der Waals surface area contributed by atoms with Crippen LogP contribution in [-0.4, -0.2) is 68.0 Å². The number of fused-ring (bicyclic) bond motifs is 1. The molecule has 0 saturated carbocycles. The Labute approximate surface area is 125 Å². The van der Waals surface area contributed by atoms with E-state index in [1.54, 1.807) is 19.3 Å². The molecule has 0 radical (unpaired) electrons. The number of aliphatic hydroxyl groups excluding tert-OH is 2. The van der Waals surface area contributed by atoms with E-state index in [9.17, 15) is 19.7 Å². The third-order valence-corrected chi connectivity index (χ3v) is 4.03. The van der Waals surface area contributed by atoms with Crippen LogP contribution in [0.5, 0.6) is 0 Å². The predicted octanol–water partition coefficient (Wildman–Crippen LogP) is -0.576. The molecule has 120 valence electrons. The summed E-state index contributed by atoms with van der Waals surface area (Å²) < 4.78 is 20.0. The zero-order valence-electron chi connectivity index (χ0n) is 11.8. The highest BCUT2D eigenvalue weighted by Crippen LogP contribution is 2.38. The van der Waals surface area contributed by atoms with Crippen LogP contribution in [0.25, 0.3) is 11.2 Å². The Hall–Kier alpha value is -1.81. The lowest BCUT2D eigenvalue weighted by atomic mass is 9.94. The van der Waals surface area contributed by atoms with E-state index < -0.39 is 37.3 Å². The third-order valence-electron chi connectivity index (χ3n) is 4.03. The number of nitrogens with zero attached hydrogens (tertiary/aromatic N) is 3. The molecule has 3 rings (SSSR count). The molecule has 0 aliphatic carbocycles. The van der Waals surface area contributed by atoms with Gasteiger partial charge in [-0.2, -0.15) is 0 Å². The second-order valence-corrected chi connectivity index (χ2v) is 5.20. The summed E-state index contributed by atoms with van der Waals surface area (Å²) in [6.45, 7) is -1.85. The summed E-state index contributed by atoms with van der Waals surface area (Å²) in [5, 5.41) is 32.7. The highest BCUT2D eigenvalue weighted by Gasteiger charge is 2.56. The largest absolute Gasteiger partial charge is 0.394 e. The van der Waals surface area contributed by atoms with E-state index in [2.05, 4.69) is 15.3 Å². The van der Waals surface area contributed by atoms with Crippen molar-refractivity contribution in [3.8, 4) is 0 Å². The second kappa shape index (κ2) is 5.43. The first-order valence-corrected chi connectivity index (χ1v) is 6.78. The number of halogens is 1. The predicted molar refractivity (Wildman–Crippen MR) is 75.0 cm³/mol. The van der Waals surface area contributed by atoms with Crippen molar-refractivity contribution in [2.24, 2.45) is 0 Å². The van der Waals surface area contributed by atoms with Crippen LogP contribution in [0.4, 0.5) is 10.1 Å². The molecule has 1 aliphatic heterocycles. The Morgan fingerprint density at radius 3 is 2.86 bits per heavy atom. The molecule has 4 N–H and O–H groups in total. The van der Waals surface area contributed by atoms with E-state index in [1.165, 1.54) is 10.9 Å². The molecule has 1 aliphatic rings. The zero-order chi connectivity index (χ0) is 15.9. The zero-order valence-corrected chi connectivity index (χ0v) is 11.8. The normalized spacial score (nSPS) is 31.8. The van der Waals surface area contributed by atoms with Crippen molar-refractivity contribution >= 4 is 16.9 Å². The van der Waals surface area contributed by atoms with Crippen LogP contribution in [0.3, 0.4) is 0 Å². The standard InChI is InChI=1S/C13H17FN4O4/c1-15-7-2-3-16-11-9(7)17-6-18(11)12-10(20)13(21,5-14)8(4-19)22-12/h2-3,6,8,10,12,19-21H,4-5H2,1H3,(H,15,16)/t8-,10+,12-,13-/m1/s1. The van der Waals surface area contributed by atoms with E-state index in [0.29, 0.717) is 11.2 Å². The lowest BCUT2D eigenvalue weighted by molar-refractivity contribution is -0.104. The molecule has 22 heavy (non-hydrogen) atoms. The van der Waals surface area contributed by atoms with Gasteiger partial charge in [-0.05, 0) is 6.07 Å². The maximum absolute atomic E-state index is 13.2. The Morgan fingerprint density at radius 2 is 2.27 bits per heavy atom. The number of anilines is 1. The van der Waals surface area contributed by atoms with Crippen LogP contribution >= 0.6 is 0 Å². The van der Waals surface area contributed by atoms with Gasteiger partial charge in [0, 0.05) is 13.2 Å². The molecule has 2 aromatic rings. The van der Waals surface area contributed by atoms with Crippen LogP contribution in [0, 0.1) is 0 Å². The van der Waals surface area contributed by atoms with Gasteiger partial charge in [0.1, 0.15) is 24.4 Å². The minimum Gasteiger partial charge on any atom is -0.394 e. The van der Waals surface area contributed by atoms with Crippen molar-refractivity contribution in [3.63, 3.8) is 0 Å². The monoisotopic (exact) mass is 312 g/mol. The molecule has 0 bridgehead atoms. The van der Waals surface area contributed by atoms with Crippen LogP contribution in [-0.2, 0) is 4.74 Å². The van der Waals surface area contributed by atoms with Gasteiger partial charge in [-0.3, -0.25) is 4.57 Å². The van der Waals surface area contributed by atoms with Crippen LogP contribution < -0.4 is 5.32 Å². The molecule has 3 heterocycles. The van der Waals surface area contributed by atoms with Gasteiger partial charge < -0.3 is 25.4 Å². The van der Waals surface area contributed by atoms with Crippen LogP contribution in [0.2, 0.25) is 0 Å². The van der Waals surface area contributed by atoms with E-state index in [4.69, 9.17) is 4.74 Å². The lowest BCUT2D eigenvalue weighted by Crippen LogP contribution is -2.51. The Bertz CT molecular complexity index is 681. The number of rotatable bonds is 4. The molecule has 0 spiro atoms. The summed E-state index contributed by atoms with van der Waals surface area (Å²) in [7, 11) is 1.73. The molecule has 1 saturated heterocycles. The number of ether oxygens (including phenoxy) is 1.